The van der Waals surface area contributed by atoms with Crippen LogP contribution >= 0.6 is 0 Å². The van der Waals surface area contributed by atoms with Crippen LogP contribution in [0.4, 0.5) is 0 Å². The van der Waals surface area contributed by atoms with Crippen molar-refractivity contribution in [1.82, 2.24) is 0 Å². The molecule has 0 bridgehead atoms. The van der Waals surface area contributed by atoms with Gasteiger partial charge in [0.2, 0.25) is 0 Å². The van der Waals surface area contributed by atoms with Gasteiger partial charge in [-0.1, -0.05) is 215 Å². The minimum atomic E-state index is -0.763. The quantitative estimate of drug-likeness (QED) is 0.0350. The van der Waals surface area contributed by atoms with Crippen molar-refractivity contribution in [2.75, 3.05) is 13.2 Å². The zero-order valence-electron chi connectivity index (χ0n) is 37.0. The number of carbonyl (C=O) groups excluding carboxylic acids is 3. The van der Waals surface area contributed by atoms with Gasteiger partial charge in [-0.25, -0.2) is 0 Å². The molecular formula is C48H92O6. The van der Waals surface area contributed by atoms with Crippen molar-refractivity contribution >= 4 is 17.9 Å². The number of esters is 3. The number of hydrogen-bond donors (Lipinski definition) is 0. The smallest absolute Gasteiger partial charge is 0.306 e. The van der Waals surface area contributed by atoms with Crippen molar-refractivity contribution in [2.24, 2.45) is 17.8 Å². The molecule has 0 radical (unpaired) electrons. The lowest BCUT2D eigenvalue weighted by atomic mass is 10.00. The number of hydrogen-bond acceptors (Lipinski definition) is 6. The standard InChI is InChI=1S/C48H92O6/c1-7-43(5)35-29-23-18-20-26-32-38-47(50)53-41-45(54-48(51)39-33-27-21-19-24-30-36-44(6)8-2)40-52-46(49)37-31-25-17-15-13-11-9-10-12-14-16-22-28-34-42(3)4/h42-45H,7-41H2,1-6H3/t43?,44?,45-/m1/s1. The Hall–Kier alpha value is -1.59. The molecule has 0 rings (SSSR count). The second kappa shape index (κ2) is 39.6. The molecule has 0 aliphatic heterocycles. The fourth-order valence-corrected chi connectivity index (χ4v) is 6.99. The first-order valence-electron chi connectivity index (χ1n) is 23.7. The Morgan fingerprint density at radius 1 is 0.370 bits per heavy atom. The van der Waals surface area contributed by atoms with Crippen LogP contribution in [0.1, 0.15) is 253 Å². The van der Waals surface area contributed by atoms with Gasteiger partial charge in [0.15, 0.2) is 6.10 Å². The van der Waals surface area contributed by atoms with Crippen LogP contribution in [0.2, 0.25) is 0 Å². The predicted molar refractivity (Wildman–Crippen MR) is 229 cm³/mol. The largest absolute Gasteiger partial charge is 0.462 e. The molecule has 0 saturated carbocycles. The lowest BCUT2D eigenvalue weighted by molar-refractivity contribution is -0.167. The maximum atomic E-state index is 12.7. The van der Waals surface area contributed by atoms with E-state index in [-0.39, 0.29) is 31.1 Å². The summed E-state index contributed by atoms with van der Waals surface area (Å²) >= 11 is 0. The fourth-order valence-electron chi connectivity index (χ4n) is 6.99. The number of carbonyl (C=O) groups is 3. The molecule has 0 aromatic rings. The summed E-state index contributed by atoms with van der Waals surface area (Å²) in [5.74, 6) is 1.60. The van der Waals surface area contributed by atoms with Crippen LogP contribution in [0, 0.1) is 17.8 Å². The molecule has 0 aromatic heterocycles. The molecule has 54 heavy (non-hydrogen) atoms. The van der Waals surface area contributed by atoms with Gasteiger partial charge in [-0.3, -0.25) is 14.4 Å². The lowest BCUT2D eigenvalue weighted by Gasteiger charge is -2.18. The van der Waals surface area contributed by atoms with Crippen molar-refractivity contribution in [1.29, 1.82) is 0 Å². The highest BCUT2D eigenvalue weighted by Crippen LogP contribution is 2.18. The Bertz CT molecular complexity index is 841. The monoisotopic (exact) mass is 765 g/mol. The van der Waals surface area contributed by atoms with Gasteiger partial charge in [-0.15, -0.1) is 0 Å². The molecule has 0 spiro atoms. The number of unbranched alkanes of at least 4 members (excludes halogenated alkanes) is 22. The molecule has 3 atom stereocenters. The van der Waals surface area contributed by atoms with E-state index in [2.05, 4.69) is 41.5 Å². The van der Waals surface area contributed by atoms with Crippen LogP contribution in [0.25, 0.3) is 0 Å². The lowest BCUT2D eigenvalue weighted by Crippen LogP contribution is -2.30. The van der Waals surface area contributed by atoms with E-state index in [0.29, 0.717) is 19.3 Å². The van der Waals surface area contributed by atoms with E-state index in [4.69, 9.17) is 14.2 Å². The fraction of sp³-hybridized carbons (Fsp3) is 0.938. The Labute approximate surface area is 336 Å². The van der Waals surface area contributed by atoms with Crippen LogP contribution in [0.5, 0.6) is 0 Å². The molecule has 0 saturated heterocycles. The Kier molecular flexibility index (Phi) is 38.5. The summed E-state index contributed by atoms with van der Waals surface area (Å²) in [7, 11) is 0. The maximum Gasteiger partial charge on any atom is 0.306 e. The zero-order chi connectivity index (χ0) is 39.9. The van der Waals surface area contributed by atoms with E-state index in [9.17, 15) is 14.4 Å². The van der Waals surface area contributed by atoms with Gasteiger partial charge in [0.1, 0.15) is 13.2 Å². The second-order valence-electron chi connectivity index (χ2n) is 17.4. The van der Waals surface area contributed by atoms with Gasteiger partial charge in [0.25, 0.3) is 0 Å². The number of ether oxygens (including phenoxy) is 3. The minimum Gasteiger partial charge on any atom is -0.462 e. The Balaban J connectivity index is 4.30. The molecule has 0 N–H and O–H groups in total. The normalized spacial score (nSPS) is 13.2. The molecule has 6 nitrogen and oxygen atoms in total. The van der Waals surface area contributed by atoms with E-state index in [1.165, 1.54) is 135 Å². The molecule has 320 valence electrons. The number of rotatable bonds is 41. The van der Waals surface area contributed by atoms with E-state index in [0.717, 1.165) is 75.5 Å². The highest BCUT2D eigenvalue weighted by molar-refractivity contribution is 5.71. The summed E-state index contributed by atoms with van der Waals surface area (Å²) in [4.78, 5) is 37.7. The van der Waals surface area contributed by atoms with Gasteiger partial charge in [0.05, 0.1) is 0 Å². The SMILES string of the molecule is CCC(C)CCCCCCCCC(=O)OC[C@@H](COC(=O)CCCCCCCCCCCCCCCC(C)C)OC(=O)CCCCCCCCC(C)CC. The summed E-state index contributed by atoms with van der Waals surface area (Å²) in [6.07, 6.45) is 36.6. The summed E-state index contributed by atoms with van der Waals surface area (Å²) in [5, 5.41) is 0. The van der Waals surface area contributed by atoms with Crippen molar-refractivity contribution in [2.45, 2.75) is 260 Å². The van der Waals surface area contributed by atoms with Crippen LogP contribution in [0.15, 0.2) is 0 Å². The molecule has 0 amide bonds. The van der Waals surface area contributed by atoms with Crippen LogP contribution in [-0.4, -0.2) is 37.2 Å². The highest BCUT2D eigenvalue weighted by Gasteiger charge is 2.19. The third-order valence-electron chi connectivity index (χ3n) is 11.4. The molecular weight excluding hydrogens is 673 g/mol. The van der Waals surface area contributed by atoms with E-state index >= 15 is 0 Å². The first-order valence-corrected chi connectivity index (χ1v) is 23.7. The maximum absolute atomic E-state index is 12.7. The summed E-state index contributed by atoms with van der Waals surface area (Å²) in [5.41, 5.74) is 0. The highest BCUT2D eigenvalue weighted by atomic mass is 16.6. The molecule has 0 aliphatic carbocycles. The van der Waals surface area contributed by atoms with Crippen molar-refractivity contribution in [3.63, 3.8) is 0 Å². The summed E-state index contributed by atoms with van der Waals surface area (Å²) < 4.78 is 16.7. The third kappa shape index (κ3) is 38.7. The zero-order valence-corrected chi connectivity index (χ0v) is 37.0. The average molecular weight is 765 g/mol. The van der Waals surface area contributed by atoms with Gasteiger partial charge >= 0.3 is 17.9 Å². The third-order valence-corrected chi connectivity index (χ3v) is 11.4. The predicted octanol–water partition coefficient (Wildman–Crippen LogP) is 14.8. The van der Waals surface area contributed by atoms with Crippen molar-refractivity contribution in [3.8, 4) is 0 Å². The van der Waals surface area contributed by atoms with E-state index in [1.54, 1.807) is 0 Å². The van der Waals surface area contributed by atoms with E-state index < -0.39 is 6.10 Å². The molecule has 0 heterocycles. The topological polar surface area (TPSA) is 78.9 Å². The van der Waals surface area contributed by atoms with E-state index in [1.807, 2.05) is 0 Å². The Morgan fingerprint density at radius 3 is 0.963 bits per heavy atom. The minimum absolute atomic E-state index is 0.0668. The molecule has 6 heteroatoms. The first kappa shape index (κ1) is 52.4. The van der Waals surface area contributed by atoms with Gasteiger partial charge in [-0.2, -0.15) is 0 Å². The molecule has 2 unspecified atom stereocenters. The van der Waals surface area contributed by atoms with Crippen LogP contribution in [0.3, 0.4) is 0 Å². The van der Waals surface area contributed by atoms with Gasteiger partial charge in [0, 0.05) is 19.3 Å². The van der Waals surface area contributed by atoms with Gasteiger partial charge in [-0.05, 0) is 37.0 Å². The van der Waals surface area contributed by atoms with Gasteiger partial charge < -0.3 is 14.2 Å². The molecule has 0 aromatic carbocycles. The molecule has 0 aliphatic rings. The summed E-state index contributed by atoms with van der Waals surface area (Å²) in [6, 6.07) is 0. The van der Waals surface area contributed by atoms with Crippen LogP contribution in [-0.2, 0) is 28.6 Å². The first-order chi connectivity index (χ1) is 26.2. The van der Waals surface area contributed by atoms with Crippen molar-refractivity contribution in [3.05, 3.63) is 0 Å². The second-order valence-corrected chi connectivity index (χ2v) is 17.4. The average Bonchev–Trinajstić information content (AvgIpc) is 3.15. The van der Waals surface area contributed by atoms with Crippen LogP contribution < -0.4 is 0 Å². The molecule has 0 fully saturated rings. The summed E-state index contributed by atoms with van der Waals surface area (Å²) in [6.45, 7) is 13.6. The Morgan fingerprint density at radius 2 is 0.648 bits per heavy atom. The van der Waals surface area contributed by atoms with Crippen molar-refractivity contribution < 1.29 is 28.6 Å².